The van der Waals surface area contributed by atoms with Crippen molar-refractivity contribution in [3.8, 4) is 11.3 Å². The largest absolute Gasteiger partial charge is 0.299 e. The average Bonchev–Trinajstić information content (AvgIpc) is 3.30. The van der Waals surface area contributed by atoms with Crippen LogP contribution in [0.1, 0.15) is 31.5 Å². The molecule has 1 saturated heterocycles. The van der Waals surface area contributed by atoms with Gasteiger partial charge >= 0.3 is 0 Å². The van der Waals surface area contributed by atoms with Crippen LogP contribution in [0, 0.1) is 0 Å². The first-order valence-corrected chi connectivity index (χ1v) is 10.8. The molecule has 4 rings (SSSR count). The number of nitrogens with zero attached hydrogens (tertiary/aromatic N) is 4. The molecular formula is C22H23N5O2S. The lowest BCUT2D eigenvalue weighted by molar-refractivity contribution is -0.115. The standard InChI is InChI=1S/C22H23N5O2S/c1-3-10-26(4-2)14-15-6-5-7-16(11-15)18-13-23-20-9-8-17(25-27(18)20)12-19-21(28)24-22(29)30-19/h5-9,11-13H,3-4,10,14H2,1-2H3,(H,24,28,29). The van der Waals surface area contributed by atoms with E-state index < -0.39 is 5.91 Å². The van der Waals surface area contributed by atoms with Crippen LogP contribution in [-0.4, -0.2) is 43.7 Å². The summed E-state index contributed by atoms with van der Waals surface area (Å²) in [6.07, 6.45) is 4.56. The van der Waals surface area contributed by atoms with Crippen LogP contribution in [0.3, 0.4) is 0 Å². The van der Waals surface area contributed by atoms with E-state index in [9.17, 15) is 9.59 Å². The van der Waals surface area contributed by atoms with Crippen molar-refractivity contribution in [2.45, 2.75) is 26.8 Å². The number of thioether (sulfide) groups is 1. The number of hydrogen-bond donors (Lipinski definition) is 1. The molecule has 1 N–H and O–H groups in total. The Hall–Kier alpha value is -2.97. The Morgan fingerprint density at radius 1 is 1.20 bits per heavy atom. The Kier molecular flexibility index (Phi) is 5.96. The van der Waals surface area contributed by atoms with Crippen LogP contribution >= 0.6 is 11.8 Å². The highest BCUT2D eigenvalue weighted by Crippen LogP contribution is 2.26. The second-order valence-electron chi connectivity index (χ2n) is 7.09. The van der Waals surface area contributed by atoms with Crippen LogP contribution in [0.4, 0.5) is 4.79 Å². The quantitative estimate of drug-likeness (QED) is 0.582. The molecule has 0 unspecified atom stereocenters. The maximum Gasteiger partial charge on any atom is 0.290 e. The van der Waals surface area contributed by atoms with E-state index in [2.05, 4.69) is 58.4 Å². The summed E-state index contributed by atoms with van der Waals surface area (Å²) in [6, 6.07) is 12.1. The van der Waals surface area contributed by atoms with E-state index >= 15 is 0 Å². The summed E-state index contributed by atoms with van der Waals surface area (Å²) in [5.74, 6) is -0.391. The van der Waals surface area contributed by atoms with Gasteiger partial charge in [0.1, 0.15) is 0 Å². The van der Waals surface area contributed by atoms with Crippen molar-refractivity contribution >= 4 is 34.6 Å². The summed E-state index contributed by atoms with van der Waals surface area (Å²) in [5.41, 5.74) is 4.47. The maximum atomic E-state index is 11.8. The lowest BCUT2D eigenvalue weighted by Crippen LogP contribution is -2.23. The lowest BCUT2D eigenvalue weighted by Gasteiger charge is -2.19. The molecule has 1 fully saturated rings. The molecule has 0 saturated carbocycles. The van der Waals surface area contributed by atoms with Crippen molar-refractivity contribution in [2.24, 2.45) is 0 Å². The average molecular weight is 422 g/mol. The predicted octanol–water partition coefficient (Wildman–Crippen LogP) is 3.95. The van der Waals surface area contributed by atoms with Crippen LogP contribution in [0.15, 0.2) is 47.5 Å². The zero-order chi connectivity index (χ0) is 21.1. The molecule has 30 heavy (non-hydrogen) atoms. The third kappa shape index (κ3) is 4.29. The van der Waals surface area contributed by atoms with Crippen molar-refractivity contribution in [1.29, 1.82) is 0 Å². The monoisotopic (exact) mass is 421 g/mol. The molecule has 1 aliphatic heterocycles. The fourth-order valence-corrected chi connectivity index (χ4v) is 4.14. The highest BCUT2D eigenvalue weighted by molar-refractivity contribution is 8.18. The van der Waals surface area contributed by atoms with Gasteiger partial charge in [0.25, 0.3) is 11.1 Å². The zero-order valence-corrected chi connectivity index (χ0v) is 17.8. The number of benzene rings is 1. The molecule has 0 bridgehead atoms. The first-order chi connectivity index (χ1) is 14.6. The Morgan fingerprint density at radius 2 is 2.07 bits per heavy atom. The van der Waals surface area contributed by atoms with Crippen LogP contribution in [0.25, 0.3) is 23.0 Å². The Labute approximate surface area is 179 Å². The van der Waals surface area contributed by atoms with E-state index in [1.165, 1.54) is 5.56 Å². The summed E-state index contributed by atoms with van der Waals surface area (Å²) < 4.78 is 1.77. The molecule has 0 spiro atoms. The van der Waals surface area contributed by atoms with E-state index in [1.54, 1.807) is 16.7 Å². The van der Waals surface area contributed by atoms with Crippen LogP contribution in [0.5, 0.6) is 0 Å². The van der Waals surface area contributed by atoms with Crippen molar-refractivity contribution in [3.63, 3.8) is 0 Å². The zero-order valence-electron chi connectivity index (χ0n) is 17.0. The number of imidazole rings is 1. The van der Waals surface area contributed by atoms with Crippen molar-refractivity contribution < 1.29 is 9.59 Å². The summed E-state index contributed by atoms with van der Waals surface area (Å²) in [4.78, 5) is 30.4. The van der Waals surface area contributed by atoms with Crippen LogP contribution in [0.2, 0.25) is 0 Å². The normalized spacial score (nSPS) is 15.5. The number of amides is 2. The summed E-state index contributed by atoms with van der Waals surface area (Å²) in [6.45, 7) is 7.37. The van der Waals surface area contributed by atoms with Gasteiger partial charge in [0.15, 0.2) is 5.65 Å². The van der Waals surface area contributed by atoms with E-state index in [0.29, 0.717) is 10.6 Å². The summed E-state index contributed by atoms with van der Waals surface area (Å²) in [5, 5.41) is 6.53. The number of carbonyl (C=O) groups excluding carboxylic acids is 2. The van der Waals surface area contributed by atoms with Gasteiger partial charge < -0.3 is 0 Å². The van der Waals surface area contributed by atoms with Gasteiger partial charge in [0.05, 0.1) is 22.5 Å². The molecule has 8 heteroatoms. The predicted molar refractivity (Wildman–Crippen MR) is 119 cm³/mol. The number of hydrogen-bond acceptors (Lipinski definition) is 6. The first kappa shape index (κ1) is 20.3. The van der Waals surface area contributed by atoms with Crippen LogP contribution < -0.4 is 5.32 Å². The molecule has 1 aromatic carbocycles. The Balaban J connectivity index is 1.66. The maximum absolute atomic E-state index is 11.8. The first-order valence-electron chi connectivity index (χ1n) is 9.98. The van der Waals surface area contributed by atoms with Crippen molar-refractivity contribution in [3.05, 3.63) is 58.8 Å². The number of fused-ring (bicyclic) bond motifs is 1. The molecule has 3 aromatic rings. The molecule has 2 aromatic heterocycles. The minimum Gasteiger partial charge on any atom is -0.299 e. The number of rotatable bonds is 7. The highest BCUT2D eigenvalue weighted by Gasteiger charge is 2.25. The molecule has 0 atom stereocenters. The molecule has 1 aliphatic rings. The minimum atomic E-state index is -0.391. The minimum absolute atomic E-state index is 0.339. The second-order valence-corrected chi connectivity index (χ2v) is 8.11. The van der Waals surface area contributed by atoms with Gasteiger partial charge in [0, 0.05) is 12.1 Å². The number of nitrogens with one attached hydrogen (secondary N) is 1. The van der Waals surface area contributed by atoms with Crippen molar-refractivity contribution in [1.82, 2.24) is 24.8 Å². The number of aromatic nitrogens is 3. The summed E-state index contributed by atoms with van der Waals surface area (Å²) >= 11 is 0.882. The van der Waals surface area contributed by atoms with Gasteiger partial charge in [-0.2, -0.15) is 5.10 Å². The summed E-state index contributed by atoms with van der Waals surface area (Å²) in [7, 11) is 0. The fourth-order valence-electron chi connectivity index (χ4n) is 3.47. The van der Waals surface area contributed by atoms with Gasteiger partial charge in [-0.15, -0.1) is 0 Å². The van der Waals surface area contributed by atoms with Gasteiger partial charge in [-0.25, -0.2) is 9.50 Å². The van der Waals surface area contributed by atoms with E-state index in [0.717, 1.165) is 54.7 Å². The molecule has 0 radical (unpaired) electrons. The molecule has 0 aliphatic carbocycles. The second kappa shape index (κ2) is 8.81. The van der Waals surface area contributed by atoms with E-state index in [-0.39, 0.29) is 5.24 Å². The van der Waals surface area contributed by atoms with Gasteiger partial charge in [-0.05, 0) is 61.1 Å². The number of carbonyl (C=O) groups is 2. The topological polar surface area (TPSA) is 79.6 Å². The lowest BCUT2D eigenvalue weighted by atomic mass is 10.1. The van der Waals surface area contributed by atoms with Gasteiger partial charge in [-0.1, -0.05) is 32.0 Å². The van der Waals surface area contributed by atoms with Gasteiger partial charge in [0.2, 0.25) is 0 Å². The SMILES string of the molecule is CCCN(CC)Cc1cccc(-c2cnc3ccc(C=C4SC(=O)NC4=O)nn23)c1. The van der Waals surface area contributed by atoms with Gasteiger partial charge in [-0.3, -0.25) is 19.8 Å². The van der Waals surface area contributed by atoms with Crippen molar-refractivity contribution in [2.75, 3.05) is 13.1 Å². The molecule has 3 heterocycles. The molecule has 154 valence electrons. The Morgan fingerprint density at radius 3 is 2.80 bits per heavy atom. The highest BCUT2D eigenvalue weighted by atomic mass is 32.2. The number of imide groups is 1. The smallest absolute Gasteiger partial charge is 0.290 e. The third-order valence-electron chi connectivity index (χ3n) is 4.92. The van der Waals surface area contributed by atoms with E-state index in [1.807, 2.05) is 12.3 Å². The van der Waals surface area contributed by atoms with E-state index in [4.69, 9.17) is 0 Å². The Bertz CT molecular complexity index is 1140. The molecule has 7 nitrogen and oxygen atoms in total. The molecule has 2 amide bonds. The van der Waals surface area contributed by atoms with Crippen LogP contribution in [-0.2, 0) is 11.3 Å². The third-order valence-corrected chi connectivity index (χ3v) is 5.73. The molecular weight excluding hydrogens is 398 g/mol. The fraction of sp³-hybridized carbons (Fsp3) is 0.273.